The minimum atomic E-state index is -1.34. The van der Waals surface area contributed by atoms with Crippen molar-refractivity contribution in [2.24, 2.45) is 5.73 Å². The van der Waals surface area contributed by atoms with Crippen LogP contribution in [0.15, 0.2) is 36.5 Å². The predicted octanol–water partition coefficient (Wildman–Crippen LogP) is 0.896. The third-order valence-corrected chi connectivity index (χ3v) is 5.32. The van der Waals surface area contributed by atoms with E-state index in [-0.39, 0.29) is 18.0 Å². The number of aromatic nitrogens is 3. The highest BCUT2D eigenvalue weighted by atomic mass is 16.3. The zero-order valence-electron chi connectivity index (χ0n) is 17.2. The van der Waals surface area contributed by atoms with Gasteiger partial charge in [-0.2, -0.15) is 5.10 Å². The van der Waals surface area contributed by atoms with E-state index in [0.717, 1.165) is 0 Å². The Bertz CT molecular complexity index is 1260. The van der Waals surface area contributed by atoms with Crippen LogP contribution in [0.25, 0.3) is 16.6 Å². The van der Waals surface area contributed by atoms with Crippen LogP contribution < -0.4 is 11.1 Å². The lowest BCUT2D eigenvalue weighted by atomic mass is 9.91. The Kier molecular flexibility index (Phi) is 5.09. The number of aliphatic hydroxyl groups is 1. The van der Waals surface area contributed by atoms with Gasteiger partial charge in [0.1, 0.15) is 11.4 Å². The van der Waals surface area contributed by atoms with E-state index in [0.29, 0.717) is 40.9 Å². The molecule has 31 heavy (non-hydrogen) atoms. The van der Waals surface area contributed by atoms with Crippen LogP contribution in [-0.4, -0.2) is 62.8 Å². The van der Waals surface area contributed by atoms with Crippen LogP contribution in [0, 0.1) is 11.8 Å². The molecule has 9 nitrogen and oxygen atoms in total. The molecule has 0 spiro atoms. The number of nitrogens with zero attached hydrogens (tertiary/aromatic N) is 4. The van der Waals surface area contributed by atoms with Gasteiger partial charge in [0.2, 0.25) is 5.91 Å². The standard InChI is InChI=1S/C22H22N6O3/c1-24-21-18-16(7-10-25-21)28(26-19(18)20(23)30)15-5-3-4-14(12-15)6-8-22(31)9-11-27(2)17(29)13-22/h3-5,7,10,12,31H,9,11,13H2,1-2H3,(H2,23,30)(H,24,25). The van der Waals surface area contributed by atoms with Crippen molar-refractivity contribution < 1.29 is 14.7 Å². The van der Waals surface area contributed by atoms with Crippen LogP contribution in [0.3, 0.4) is 0 Å². The Balaban J connectivity index is 1.75. The summed E-state index contributed by atoms with van der Waals surface area (Å²) in [5.74, 6) is 5.55. The summed E-state index contributed by atoms with van der Waals surface area (Å²) < 4.78 is 1.61. The Morgan fingerprint density at radius 2 is 2.16 bits per heavy atom. The lowest BCUT2D eigenvalue weighted by molar-refractivity contribution is -0.138. The molecule has 2 aromatic heterocycles. The number of anilines is 1. The number of rotatable bonds is 3. The highest BCUT2D eigenvalue weighted by Crippen LogP contribution is 2.27. The number of hydrogen-bond donors (Lipinski definition) is 3. The van der Waals surface area contributed by atoms with Crippen LogP contribution in [0.2, 0.25) is 0 Å². The first kappa shape index (κ1) is 20.4. The van der Waals surface area contributed by atoms with E-state index in [1.165, 1.54) is 0 Å². The quantitative estimate of drug-likeness (QED) is 0.543. The lowest BCUT2D eigenvalue weighted by Crippen LogP contribution is -2.45. The van der Waals surface area contributed by atoms with E-state index < -0.39 is 11.5 Å². The molecule has 0 saturated carbocycles. The van der Waals surface area contributed by atoms with Crippen LogP contribution >= 0.6 is 0 Å². The monoisotopic (exact) mass is 418 g/mol. The smallest absolute Gasteiger partial charge is 0.270 e. The van der Waals surface area contributed by atoms with Crippen molar-refractivity contribution in [1.82, 2.24) is 19.7 Å². The molecule has 0 radical (unpaired) electrons. The summed E-state index contributed by atoms with van der Waals surface area (Å²) in [5, 5.41) is 18.6. The van der Waals surface area contributed by atoms with E-state index in [2.05, 4.69) is 27.2 Å². The fourth-order valence-corrected chi connectivity index (χ4v) is 3.59. The van der Waals surface area contributed by atoms with Crippen molar-refractivity contribution in [2.75, 3.05) is 26.0 Å². The molecule has 1 aliphatic rings. The maximum Gasteiger partial charge on any atom is 0.270 e. The number of likely N-dealkylation sites (tertiary alicyclic amines) is 1. The van der Waals surface area contributed by atoms with E-state index in [1.54, 1.807) is 54.1 Å². The summed E-state index contributed by atoms with van der Waals surface area (Å²) in [6.45, 7) is 0.459. The second-order valence-electron chi connectivity index (χ2n) is 7.50. The van der Waals surface area contributed by atoms with Gasteiger partial charge in [0, 0.05) is 38.8 Å². The van der Waals surface area contributed by atoms with Gasteiger partial charge in [0.25, 0.3) is 5.91 Å². The molecule has 9 heteroatoms. The molecular formula is C22H22N6O3. The SMILES string of the molecule is CNc1nccc2c1c(C(N)=O)nn2-c1cccc(C#CC2(O)CCN(C)C(=O)C2)c1. The van der Waals surface area contributed by atoms with Crippen LogP contribution in [0.4, 0.5) is 5.82 Å². The molecular weight excluding hydrogens is 396 g/mol. The zero-order chi connectivity index (χ0) is 22.2. The highest BCUT2D eigenvalue weighted by Gasteiger charge is 2.34. The van der Waals surface area contributed by atoms with Gasteiger partial charge in [-0.25, -0.2) is 9.67 Å². The van der Waals surface area contributed by atoms with Gasteiger partial charge in [-0.15, -0.1) is 0 Å². The van der Waals surface area contributed by atoms with Gasteiger partial charge in [-0.3, -0.25) is 9.59 Å². The maximum absolute atomic E-state index is 12.0. The molecule has 1 saturated heterocycles. The van der Waals surface area contributed by atoms with Gasteiger partial charge in [-0.05, 0) is 24.3 Å². The molecule has 0 aliphatic carbocycles. The van der Waals surface area contributed by atoms with Crippen LogP contribution in [0.1, 0.15) is 28.9 Å². The molecule has 1 fully saturated rings. The number of amides is 2. The fraction of sp³-hybridized carbons (Fsp3) is 0.273. The van der Waals surface area contributed by atoms with Crippen molar-refractivity contribution in [1.29, 1.82) is 0 Å². The normalized spacial score (nSPS) is 18.5. The first-order chi connectivity index (χ1) is 14.8. The molecule has 0 bridgehead atoms. The molecule has 158 valence electrons. The Morgan fingerprint density at radius 1 is 1.35 bits per heavy atom. The van der Waals surface area contributed by atoms with E-state index in [4.69, 9.17) is 5.73 Å². The van der Waals surface area contributed by atoms with E-state index >= 15 is 0 Å². The number of primary amides is 1. The molecule has 4 rings (SSSR count). The first-order valence-corrected chi connectivity index (χ1v) is 9.76. The third-order valence-electron chi connectivity index (χ3n) is 5.32. The average Bonchev–Trinajstić information content (AvgIpc) is 3.16. The van der Waals surface area contributed by atoms with Crippen molar-refractivity contribution in [3.05, 3.63) is 47.8 Å². The number of benzene rings is 1. The number of piperidine rings is 1. The minimum absolute atomic E-state index is 0.0260. The van der Waals surface area contributed by atoms with Gasteiger partial charge in [-0.1, -0.05) is 17.9 Å². The second kappa shape index (κ2) is 7.74. The van der Waals surface area contributed by atoms with E-state index in [1.807, 2.05) is 6.07 Å². The molecule has 1 aromatic carbocycles. The zero-order valence-corrected chi connectivity index (χ0v) is 17.2. The number of carbonyl (C=O) groups excluding carboxylic acids is 2. The topological polar surface area (TPSA) is 126 Å². The summed E-state index contributed by atoms with van der Waals surface area (Å²) in [6, 6.07) is 8.99. The number of nitrogens with one attached hydrogen (secondary N) is 1. The highest BCUT2D eigenvalue weighted by molar-refractivity contribution is 6.08. The number of fused-ring (bicyclic) bond motifs is 1. The van der Waals surface area contributed by atoms with Gasteiger partial charge in [0.05, 0.1) is 23.0 Å². The fourth-order valence-electron chi connectivity index (χ4n) is 3.59. The Morgan fingerprint density at radius 3 is 2.87 bits per heavy atom. The first-order valence-electron chi connectivity index (χ1n) is 9.76. The molecule has 2 amide bonds. The molecule has 3 heterocycles. The molecule has 3 aromatic rings. The van der Waals surface area contributed by atoms with Crippen LogP contribution in [0.5, 0.6) is 0 Å². The number of nitrogens with two attached hydrogens (primary N) is 1. The third kappa shape index (κ3) is 3.81. The molecule has 1 unspecified atom stereocenters. The van der Waals surface area contributed by atoms with Gasteiger partial charge >= 0.3 is 0 Å². The van der Waals surface area contributed by atoms with Crippen molar-refractivity contribution in [3.8, 4) is 17.5 Å². The van der Waals surface area contributed by atoms with Gasteiger partial charge < -0.3 is 21.1 Å². The summed E-state index contributed by atoms with van der Waals surface area (Å²) >= 11 is 0. The second-order valence-corrected chi connectivity index (χ2v) is 7.50. The van der Waals surface area contributed by atoms with Crippen molar-refractivity contribution in [2.45, 2.75) is 18.4 Å². The molecule has 1 aliphatic heterocycles. The summed E-state index contributed by atoms with van der Waals surface area (Å²) in [7, 11) is 3.42. The van der Waals surface area contributed by atoms with E-state index in [9.17, 15) is 14.7 Å². The van der Waals surface area contributed by atoms with Crippen LogP contribution in [-0.2, 0) is 4.79 Å². The summed E-state index contributed by atoms with van der Waals surface area (Å²) in [4.78, 5) is 29.7. The predicted molar refractivity (Wildman–Crippen MR) is 116 cm³/mol. The lowest BCUT2D eigenvalue weighted by Gasteiger charge is -2.32. The summed E-state index contributed by atoms with van der Waals surface area (Å²) in [5.41, 5.74) is 6.29. The Labute approximate surface area is 178 Å². The number of hydrogen-bond acceptors (Lipinski definition) is 6. The number of carbonyl (C=O) groups is 2. The molecule has 1 atom stereocenters. The number of pyridine rings is 1. The minimum Gasteiger partial charge on any atom is -0.377 e. The van der Waals surface area contributed by atoms with Crippen molar-refractivity contribution in [3.63, 3.8) is 0 Å². The molecule has 4 N–H and O–H groups in total. The summed E-state index contributed by atoms with van der Waals surface area (Å²) in [6.07, 6.45) is 1.99. The maximum atomic E-state index is 12.0. The average molecular weight is 418 g/mol. The van der Waals surface area contributed by atoms with Gasteiger partial charge in [0.15, 0.2) is 5.69 Å². The van der Waals surface area contributed by atoms with Crippen molar-refractivity contribution >= 4 is 28.5 Å². The largest absolute Gasteiger partial charge is 0.377 e. The Hall–Kier alpha value is -3.90.